The number of halogens is 1. The molecule has 0 heterocycles. The van der Waals surface area contributed by atoms with Gasteiger partial charge in [0.1, 0.15) is 5.78 Å². The second-order valence-corrected chi connectivity index (χ2v) is 5.48. The zero-order valence-corrected chi connectivity index (χ0v) is 12.9. The molecule has 0 fully saturated rings. The predicted octanol–water partition coefficient (Wildman–Crippen LogP) is 4.23. The molecule has 3 nitrogen and oxygen atoms in total. The Morgan fingerprint density at radius 1 is 1.00 bits per heavy atom. The summed E-state index contributed by atoms with van der Waals surface area (Å²) in [5, 5.41) is 0.667. The number of ketones is 1. The molecule has 0 radical (unpaired) electrons. The van der Waals surface area contributed by atoms with Crippen LogP contribution in [0.1, 0.15) is 45.4 Å². The van der Waals surface area contributed by atoms with Gasteiger partial charge in [-0.1, -0.05) is 24.4 Å². The molecular formula is C16H22ClNO2. The lowest BCUT2D eigenvalue weighted by Gasteiger charge is -2.17. The van der Waals surface area contributed by atoms with Crippen molar-refractivity contribution < 1.29 is 9.59 Å². The molecule has 0 N–H and O–H groups in total. The zero-order chi connectivity index (χ0) is 15.0. The normalized spacial score (nSPS) is 10.3. The smallest absolute Gasteiger partial charge is 0.226 e. The lowest BCUT2D eigenvalue weighted by molar-refractivity contribution is -0.119. The molecule has 0 aliphatic carbocycles. The van der Waals surface area contributed by atoms with Crippen molar-refractivity contribution in [1.29, 1.82) is 0 Å². The van der Waals surface area contributed by atoms with Crippen LogP contribution in [0.2, 0.25) is 5.02 Å². The van der Waals surface area contributed by atoms with Crippen molar-refractivity contribution in [1.82, 2.24) is 0 Å². The van der Waals surface area contributed by atoms with Crippen molar-refractivity contribution in [3.63, 3.8) is 0 Å². The fourth-order valence-electron chi connectivity index (χ4n) is 1.98. The Hall–Kier alpha value is -1.35. The molecule has 0 bridgehead atoms. The Labute approximate surface area is 125 Å². The summed E-state index contributed by atoms with van der Waals surface area (Å²) < 4.78 is 0. The van der Waals surface area contributed by atoms with E-state index in [4.69, 9.17) is 11.6 Å². The molecule has 110 valence electrons. The molecule has 0 saturated heterocycles. The molecule has 0 aromatic heterocycles. The topological polar surface area (TPSA) is 37.4 Å². The van der Waals surface area contributed by atoms with Crippen molar-refractivity contribution in [2.45, 2.75) is 45.4 Å². The highest BCUT2D eigenvalue weighted by atomic mass is 35.5. The summed E-state index contributed by atoms with van der Waals surface area (Å²) in [5.41, 5.74) is 0.857. The minimum absolute atomic E-state index is 0.110. The van der Waals surface area contributed by atoms with E-state index in [0.29, 0.717) is 17.9 Å². The second kappa shape index (κ2) is 8.75. The van der Waals surface area contributed by atoms with E-state index < -0.39 is 0 Å². The molecule has 1 aromatic carbocycles. The third-order valence-electron chi connectivity index (χ3n) is 3.26. The molecule has 1 amide bonds. The summed E-state index contributed by atoms with van der Waals surface area (Å²) in [7, 11) is 1.78. The van der Waals surface area contributed by atoms with E-state index in [2.05, 4.69) is 0 Å². The maximum Gasteiger partial charge on any atom is 0.226 e. The van der Waals surface area contributed by atoms with E-state index in [1.165, 1.54) is 0 Å². The Morgan fingerprint density at radius 3 is 2.10 bits per heavy atom. The molecule has 4 heteroatoms. The van der Waals surface area contributed by atoms with Gasteiger partial charge in [0.2, 0.25) is 5.91 Å². The standard InChI is InChI=1S/C16H22ClNO2/c1-13(19)7-5-3-4-6-8-16(20)18(2)15-11-9-14(17)10-12-15/h9-12H,3-8H2,1-2H3. The van der Waals surface area contributed by atoms with Gasteiger partial charge in [0, 0.05) is 30.6 Å². The van der Waals surface area contributed by atoms with E-state index >= 15 is 0 Å². The number of unbranched alkanes of at least 4 members (excludes halogenated alkanes) is 3. The fraction of sp³-hybridized carbons (Fsp3) is 0.500. The number of Topliss-reactive ketones (excluding diaryl/α,β-unsaturated/α-hetero) is 1. The summed E-state index contributed by atoms with van der Waals surface area (Å²) in [6, 6.07) is 7.24. The van der Waals surface area contributed by atoms with Crippen molar-refractivity contribution >= 4 is 29.0 Å². The first kappa shape index (κ1) is 16.7. The van der Waals surface area contributed by atoms with Gasteiger partial charge in [-0.05, 0) is 44.0 Å². The van der Waals surface area contributed by atoms with Gasteiger partial charge in [-0.15, -0.1) is 0 Å². The second-order valence-electron chi connectivity index (χ2n) is 5.05. The number of rotatable bonds is 8. The van der Waals surface area contributed by atoms with E-state index in [1.807, 2.05) is 12.1 Å². The molecule has 0 aliphatic rings. The van der Waals surface area contributed by atoms with Crippen LogP contribution in [0.5, 0.6) is 0 Å². The Kier molecular flexibility index (Phi) is 7.31. The van der Waals surface area contributed by atoms with Crippen LogP contribution in [0.3, 0.4) is 0 Å². The summed E-state index contributed by atoms with van der Waals surface area (Å²) in [6.45, 7) is 1.62. The van der Waals surface area contributed by atoms with Crippen LogP contribution in [0.25, 0.3) is 0 Å². The zero-order valence-electron chi connectivity index (χ0n) is 12.2. The molecule has 0 saturated carbocycles. The van der Waals surface area contributed by atoms with Crippen molar-refractivity contribution in [2.24, 2.45) is 0 Å². The van der Waals surface area contributed by atoms with Crippen LogP contribution in [-0.2, 0) is 9.59 Å². The van der Waals surface area contributed by atoms with Gasteiger partial charge in [0.05, 0.1) is 0 Å². The summed E-state index contributed by atoms with van der Waals surface area (Å²) >= 11 is 5.82. The van der Waals surface area contributed by atoms with Gasteiger partial charge in [0.25, 0.3) is 0 Å². The minimum atomic E-state index is 0.110. The number of amides is 1. The average molecular weight is 296 g/mol. The summed E-state index contributed by atoms with van der Waals surface area (Å²) in [4.78, 5) is 24.5. The van der Waals surface area contributed by atoms with Crippen LogP contribution in [0.15, 0.2) is 24.3 Å². The van der Waals surface area contributed by atoms with Gasteiger partial charge in [0.15, 0.2) is 0 Å². The Bertz CT molecular complexity index is 442. The highest BCUT2D eigenvalue weighted by Crippen LogP contribution is 2.18. The van der Waals surface area contributed by atoms with E-state index in [9.17, 15) is 9.59 Å². The number of benzene rings is 1. The molecular weight excluding hydrogens is 274 g/mol. The highest BCUT2D eigenvalue weighted by molar-refractivity contribution is 6.30. The minimum Gasteiger partial charge on any atom is -0.316 e. The number of carbonyl (C=O) groups excluding carboxylic acids is 2. The first-order valence-electron chi connectivity index (χ1n) is 7.02. The van der Waals surface area contributed by atoms with Crippen molar-refractivity contribution in [3.8, 4) is 0 Å². The van der Waals surface area contributed by atoms with Gasteiger partial charge >= 0.3 is 0 Å². The summed E-state index contributed by atoms with van der Waals surface area (Å²) in [6.07, 6.45) is 4.99. The van der Waals surface area contributed by atoms with Crippen molar-refractivity contribution in [2.75, 3.05) is 11.9 Å². The fourth-order valence-corrected chi connectivity index (χ4v) is 2.11. The average Bonchev–Trinajstić information content (AvgIpc) is 2.42. The first-order chi connectivity index (χ1) is 9.50. The van der Waals surface area contributed by atoms with E-state index in [1.54, 1.807) is 31.0 Å². The van der Waals surface area contributed by atoms with Crippen LogP contribution in [0.4, 0.5) is 5.69 Å². The molecule has 0 unspecified atom stereocenters. The quantitative estimate of drug-likeness (QED) is 0.673. The number of nitrogens with zero attached hydrogens (tertiary/aromatic N) is 1. The highest BCUT2D eigenvalue weighted by Gasteiger charge is 2.10. The Morgan fingerprint density at radius 2 is 1.55 bits per heavy atom. The molecule has 1 aromatic rings. The monoisotopic (exact) mass is 295 g/mol. The Balaban J connectivity index is 2.25. The van der Waals surface area contributed by atoms with Crippen LogP contribution < -0.4 is 4.90 Å². The van der Waals surface area contributed by atoms with Crippen molar-refractivity contribution in [3.05, 3.63) is 29.3 Å². The first-order valence-corrected chi connectivity index (χ1v) is 7.40. The van der Waals surface area contributed by atoms with E-state index in [0.717, 1.165) is 31.4 Å². The maximum absolute atomic E-state index is 12.0. The number of hydrogen-bond donors (Lipinski definition) is 0. The third-order valence-corrected chi connectivity index (χ3v) is 3.51. The number of carbonyl (C=O) groups is 2. The summed E-state index contributed by atoms with van der Waals surface area (Å²) in [5.74, 6) is 0.349. The third kappa shape index (κ3) is 6.20. The van der Waals surface area contributed by atoms with Crippen LogP contribution in [0, 0.1) is 0 Å². The SMILES string of the molecule is CC(=O)CCCCCCC(=O)N(C)c1ccc(Cl)cc1. The molecule has 0 spiro atoms. The van der Waals surface area contributed by atoms with Gasteiger partial charge in [-0.2, -0.15) is 0 Å². The molecule has 0 aliphatic heterocycles. The molecule has 20 heavy (non-hydrogen) atoms. The lowest BCUT2D eigenvalue weighted by atomic mass is 10.1. The predicted molar refractivity (Wildman–Crippen MR) is 83.2 cm³/mol. The maximum atomic E-state index is 12.0. The van der Waals surface area contributed by atoms with E-state index in [-0.39, 0.29) is 11.7 Å². The molecule has 0 atom stereocenters. The van der Waals surface area contributed by atoms with Crippen LogP contribution in [-0.4, -0.2) is 18.7 Å². The molecule has 1 rings (SSSR count). The van der Waals surface area contributed by atoms with Gasteiger partial charge in [-0.3, -0.25) is 4.79 Å². The van der Waals surface area contributed by atoms with Gasteiger partial charge < -0.3 is 9.69 Å². The van der Waals surface area contributed by atoms with Gasteiger partial charge in [-0.25, -0.2) is 0 Å². The van der Waals surface area contributed by atoms with Crippen LogP contribution >= 0.6 is 11.6 Å². The number of hydrogen-bond acceptors (Lipinski definition) is 2. The lowest BCUT2D eigenvalue weighted by Crippen LogP contribution is -2.25. The number of anilines is 1. The largest absolute Gasteiger partial charge is 0.316 e.